The lowest BCUT2D eigenvalue weighted by atomic mass is 10.1. The Balaban J connectivity index is 2.46. The summed E-state index contributed by atoms with van der Waals surface area (Å²) in [6, 6.07) is 5.33. The molecule has 0 aliphatic heterocycles. The fourth-order valence-corrected chi connectivity index (χ4v) is 2.62. The maximum Gasteiger partial charge on any atom is 0.108 e. The minimum absolute atomic E-state index is 0.564. The van der Waals surface area contributed by atoms with Gasteiger partial charge in [0, 0.05) is 17.0 Å². The van der Waals surface area contributed by atoms with Crippen LogP contribution in [0.4, 0.5) is 0 Å². The highest BCUT2D eigenvalue weighted by molar-refractivity contribution is 9.10. The third-order valence-electron chi connectivity index (χ3n) is 2.36. The van der Waals surface area contributed by atoms with Crippen LogP contribution in [0.1, 0.15) is 5.69 Å². The zero-order valence-electron chi connectivity index (χ0n) is 8.80. The van der Waals surface area contributed by atoms with Crippen molar-refractivity contribution in [3.8, 4) is 11.3 Å². The van der Waals surface area contributed by atoms with Crippen molar-refractivity contribution in [1.29, 1.82) is 0 Å². The summed E-state index contributed by atoms with van der Waals surface area (Å²) < 4.78 is 0.896. The van der Waals surface area contributed by atoms with Crippen LogP contribution in [0.5, 0.6) is 0 Å². The van der Waals surface area contributed by atoms with Gasteiger partial charge in [-0.25, -0.2) is 0 Å². The van der Waals surface area contributed by atoms with Gasteiger partial charge >= 0.3 is 0 Å². The Morgan fingerprint density at radius 1 is 1.35 bits per heavy atom. The first kappa shape index (κ1) is 12.9. The summed E-state index contributed by atoms with van der Waals surface area (Å²) in [5.74, 6) is 0. The van der Waals surface area contributed by atoms with Gasteiger partial charge in [-0.15, -0.1) is 0 Å². The lowest BCUT2D eigenvalue weighted by molar-refractivity contribution is 0.898. The Morgan fingerprint density at radius 3 is 2.76 bits per heavy atom. The van der Waals surface area contributed by atoms with Gasteiger partial charge in [-0.05, 0) is 40.7 Å². The Hall–Kier alpha value is -0.550. The van der Waals surface area contributed by atoms with Crippen molar-refractivity contribution >= 4 is 39.1 Å². The number of H-pyrrole nitrogens is 1. The van der Waals surface area contributed by atoms with E-state index >= 15 is 0 Å². The molecule has 0 saturated heterocycles. The van der Waals surface area contributed by atoms with Gasteiger partial charge in [0.25, 0.3) is 0 Å². The monoisotopic (exact) mass is 333 g/mol. The molecule has 1 heterocycles. The van der Waals surface area contributed by atoms with E-state index in [-0.39, 0.29) is 0 Å². The first-order valence-electron chi connectivity index (χ1n) is 5.01. The first-order valence-corrected chi connectivity index (χ1v) is 6.56. The van der Waals surface area contributed by atoms with Crippen molar-refractivity contribution in [3.63, 3.8) is 0 Å². The predicted molar refractivity (Wildman–Crippen MR) is 74.5 cm³/mol. The molecule has 6 heteroatoms. The minimum atomic E-state index is 0.564. The summed E-state index contributed by atoms with van der Waals surface area (Å²) in [6.07, 6.45) is 0.735. The standard InChI is InChI=1S/C11H10BrCl2N3/c12-10-9(3-4-15)16-17-11(10)7-2-1-6(13)5-8(7)14/h1-2,5H,3-4,15H2,(H,16,17). The summed E-state index contributed by atoms with van der Waals surface area (Å²) in [6.45, 7) is 0.564. The zero-order chi connectivity index (χ0) is 12.4. The van der Waals surface area contributed by atoms with Crippen LogP contribution < -0.4 is 5.73 Å². The quantitative estimate of drug-likeness (QED) is 0.900. The molecule has 0 bridgehead atoms. The molecule has 0 radical (unpaired) electrons. The van der Waals surface area contributed by atoms with E-state index in [1.54, 1.807) is 12.1 Å². The van der Waals surface area contributed by atoms with Crippen LogP contribution in [0.2, 0.25) is 10.0 Å². The number of rotatable bonds is 3. The second kappa shape index (κ2) is 5.40. The number of halogens is 3. The summed E-state index contributed by atoms with van der Waals surface area (Å²) >= 11 is 15.5. The van der Waals surface area contributed by atoms with Crippen LogP contribution in [0.25, 0.3) is 11.3 Å². The summed E-state index contributed by atoms with van der Waals surface area (Å²) in [5, 5.41) is 8.36. The second-order valence-corrected chi connectivity index (χ2v) is 5.16. The molecule has 0 fully saturated rings. The van der Waals surface area contributed by atoms with Crippen molar-refractivity contribution in [3.05, 3.63) is 38.4 Å². The zero-order valence-corrected chi connectivity index (χ0v) is 11.9. The van der Waals surface area contributed by atoms with Crippen molar-refractivity contribution in [2.24, 2.45) is 5.73 Å². The molecule has 1 aromatic heterocycles. The molecule has 0 spiro atoms. The molecule has 0 saturated carbocycles. The van der Waals surface area contributed by atoms with Crippen molar-refractivity contribution in [2.75, 3.05) is 6.54 Å². The molecule has 90 valence electrons. The van der Waals surface area contributed by atoms with E-state index in [0.717, 1.165) is 27.8 Å². The largest absolute Gasteiger partial charge is 0.330 e. The Labute approximate surface area is 117 Å². The van der Waals surface area contributed by atoms with Gasteiger partial charge in [-0.1, -0.05) is 23.2 Å². The fraction of sp³-hybridized carbons (Fsp3) is 0.182. The minimum Gasteiger partial charge on any atom is -0.330 e. The van der Waals surface area contributed by atoms with Crippen LogP contribution >= 0.6 is 39.1 Å². The average molecular weight is 335 g/mol. The maximum atomic E-state index is 6.14. The number of nitrogens with one attached hydrogen (secondary N) is 1. The fourth-order valence-electron chi connectivity index (χ4n) is 1.53. The first-order chi connectivity index (χ1) is 8.13. The van der Waals surface area contributed by atoms with Gasteiger partial charge < -0.3 is 5.73 Å². The van der Waals surface area contributed by atoms with Gasteiger partial charge in [0.05, 0.1) is 15.2 Å². The van der Waals surface area contributed by atoms with E-state index in [4.69, 9.17) is 28.9 Å². The van der Waals surface area contributed by atoms with Crippen molar-refractivity contribution < 1.29 is 0 Å². The molecule has 0 unspecified atom stereocenters. The molecule has 2 rings (SSSR count). The van der Waals surface area contributed by atoms with Crippen LogP contribution in [-0.4, -0.2) is 16.7 Å². The van der Waals surface area contributed by atoms with Crippen LogP contribution in [0.15, 0.2) is 22.7 Å². The topological polar surface area (TPSA) is 54.7 Å². The van der Waals surface area contributed by atoms with Crippen molar-refractivity contribution in [1.82, 2.24) is 10.2 Å². The average Bonchev–Trinajstić information content (AvgIpc) is 2.62. The van der Waals surface area contributed by atoms with Gasteiger partial charge in [-0.3, -0.25) is 5.10 Å². The molecule has 1 aromatic carbocycles. The molecular formula is C11H10BrCl2N3. The van der Waals surface area contributed by atoms with Crippen LogP contribution in [0, 0.1) is 0 Å². The van der Waals surface area contributed by atoms with Crippen molar-refractivity contribution in [2.45, 2.75) is 6.42 Å². The number of nitrogens with zero attached hydrogens (tertiary/aromatic N) is 1. The Bertz CT molecular complexity index is 540. The SMILES string of the molecule is NCCc1[nH]nc(-c2ccc(Cl)cc2Cl)c1Br. The van der Waals surface area contributed by atoms with E-state index < -0.39 is 0 Å². The smallest absolute Gasteiger partial charge is 0.108 e. The second-order valence-electron chi connectivity index (χ2n) is 3.53. The molecule has 0 aliphatic carbocycles. The highest BCUT2D eigenvalue weighted by Gasteiger charge is 2.14. The Kier molecular flexibility index (Phi) is 4.09. The van der Waals surface area contributed by atoms with E-state index in [0.29, 0.717) is 16.6 Å². The lowest BCUT2D eigenvalue weighted by Gasteiger charge is -2.02. The summed E-state index contributed by atoms with van der Waals surface area (Å²) in [5.41, 5.74) is 8.09. The molecule has 17 heavy (non-hydrogen) atoms. The summed E-state index contributed by atoms with van der Waals surface area (Å²) in [4.78, 5) is 0. The van der Waals surface area contributed by atoms with Gasteiger partial charge in [0.2, 0.25) is 0 Å². The molecule has 0 atom stereocenters. The van der Waals surface area contributed by atoms with Gasteiger partial charge in [-0.2, -0.15) is 5.10 Å². The molecule has 0 aliphatic rings. The van der Waals surface area contributed by atoms with Crippen LogP contribution in [-0.2, 0) is 6.42 Å². The predicted octanol–water partition coefficient (Wildman–Crippen LogP) is 3.65. The maximum absolute atomic E-state index is 6.14. The molecule has 3 nitrogen and oxygen atoms in total. The molecular weight excluding hydrogens is 325 g/mol. The highest BCUT2D eigenvalue weighted by Crippen LogP contribution is 2.34. The summed E-state index contributed by atoms with van der Waals surface area (Å²) in [7, 11) is 0. The number of benzene rings is 1. The van der Waals surface area contributed by atoms with Gasteiger partial charge in [0.1, 0.15) is 5.69 Å². The Morgan fingerprint density at radius 2 is 2.12 bits per heavy atom. The van der Waals surface area contributed by atoms with Gasteiger partial charge in [0.15, 0.2) is 0 Å². The third kappa shape index (κ3) is 2.65. The number of nitrogens with two attached hydrogens (primary N) is 1. The van der Waals surface area contributed by atoms with Crippen LogP contribution in [0.3, 0.4) is 0 Å². The number of hydrogen-bond acceptors (Lipinski definition) is 2. The number of hydrogen-bond donors (Lipinski definition) is 2. The number of aromatic nitrogens is 2. The number of aromatic amines is 1. The molecule has 2 aromatic rings. The highest BCUT2D eigenvalue weighted by atomic mass is 79.9. The molecule has 0 amide bonds. The van der Waals surface area contributed by atoms with E-state index in [1.165, 1.54) is 0 Å². The third-order valence-corrected chi connectivity index (χ3v) is 3.76. The lowest BCUT2D eigenvalue weighted by Crippen LogP contribution is -2.03. The van der Waals surface area contributed by atoms with E-state index in [2.05, 4.69) is 26.1 Å². The van der Waals surface area contributed by atoms with E-state index in [1.807, 2.05) is 6.07 Å². The van der Waals surface area contributed by atoms with E-state index in [9.17, 15) is 0 Å². The molecule has 3 N–H and O–H groups in total. The normalized spacial score (nSPS) is 10.8.